The van der Waals surface area contributed by atoms with Gasteiger partial charge in [-0.3, -0.25) is 15.0 Å². The Hall–Kier alpha value is -2.28. The van der Waals surface area contributed by atoms with Gasteiger partial charge in [-0.1, -0.05) is 54.1 Å². The molecule has 3 aromatic rings. The molecule has 2 heterocycles. The zero-order valence-corrected chi connectivity index (χ0v) is 17.8. The SMILES string of the molecule is CC1CCN(Cc2ccc(C(=O)Nc3nnc(-c4ccc(Cl)cc4)s3)cc2)CC1. The van der Waals surface area contributed by atoms with Crippen molar-refractivity contribution in [2.24, 2.45) is 5.92 Å². The van der Waals surface area contributed by atoms with E-state index in [-0.39, 0.29) is 5.91 Å². The van der Waals surface area contributed by atoms with E-state index < -0.39 is 0 Å². The van der Waals surface area contributed by atoms with Crippen molar-refractivity contribution in [3.05, 3.63) is 64.7 Å². The summed E-state index contributed by atoms with van der Waals surface area (Å²) in [6.45, 7) is 5.56. The van der Waals surface area contributed by atoms with Crippen LogP contribution in [0.1, 0.15) is 35.7 Å². The number of carbonyl (C=O) groups excluding carboxylic acids is 1. The van der Waals surface area contributed by atoms with Gasteiger partial charge in [-0.15, -0.1) is 10.2 Å². The van der Waals surface area contributed by atoms with Gasteiger partial charge in [-0.05, 0) is 61.7 Å². The Bertz CT molecular complexity index is 963. The van der Waals surface area contributed by atoms with E-state index in [2.05, 4.69) is 27.3 Å². The van der Waals surface area contributed by atoms with Gasteiger partial charge < -0.3 is 0 Å². The van der Waals surface area contributed by atoms with Gasteiger partial charge in [0, 0.05) is 22.7 Å². The predicted molar refractivity (Wildman–Crippen MR) is 118 cm³/mol. The average molecular weight is 427 g/mol. The summed E-state index contributed by atoms with van der Waals surface area (Å²) in [4.78, 5) is 15.0. The van der Waals surface area contributed by atoms with E-state index in [9.17, 15) is 4.79 Å². The van der Waals surface area contributed by atoms with Crippen molar-refractivity contribution in [1.82, 2.24) is 15.1 Å². The van der Waals surface area contributed by atoms with E-state index in [0.29, 0.717) is 15.7 Å². The molecule has 29 heavy (non-hydrogen) atoms. The average Bonchev–Trinajstić information content (AvgIpc) is 3.19. The third-order valence-electron chi connectivity index (χ3n) is 5.24. The molecule has 1 aliphatic heterocycles. The Morgan fingerprint density at radius 1 is 1.10 bits per heavy atom. The maximum atomic E-state index is 12.5. The summed E-state index contributed by atoms with van der Waals surface area (Å²) in [5, 5.41) is 13.0. The lowest BCUT2D eigenvalue weighted by molar-refractivity contribution is 0.102. The van der Waals surface area contributed by atoms with Crippen molar-refractivity contribution in [3.63, 3.8) is 0 Å². The van der Waals surface area contributed by atoms with Gasteiger partial charge in [0.15, 0.2) is 0 Å². The lowest BCUT2D eigenvalue weighted by Crippen LogP contribution is -2.32. The maximum absolute atomic E-state index is 12.5. The summed E-state index contributed by atoms with van der Waals surface area (Å²) < 4.78 is 0. The van der Waals surface area contributed by atoms with Crippen LogP contribution >= 0.6 is 22.9 Å². The molecule has 2 aromatic carbocycles. The van der Waals surface area contributed by atoms with Gasteiger partial charge in [0.2, 0.25) is 5.13 Å². The normalized spacial score (nSPS) is 15.4. The Kier molecular flexibility index (Phi) is 6.23. The summed E-state index contributed by atoms with van der Waals surface area (Å²) in [5.41, 5.74) is 2.77. The number of nitrogens with one attached hydrogen (secondary N) is 1. The number of likely N-dealkylation sites (tertiary alicyclic amines) is 1. The number of benzene rings is 2. The Labute approximate surface area is 179 Å². The minimum atomic E-state index is -0.179. The fraction of sp³-hybridized carbons (Fsp3) is 0.318. The number of hydrogen-bond acceptors (Lipinski definition) is 5. The van der Waals surface area contributed by atoms with E-state index in [4.69, 9.17) is 11.6 Å². The van der Waals surface area contributed by atoms with Crippen LogP contribution in [0.5, 0.6) is 0 Å². The number of nitrogens with zero attached hydrogens (tertiary/aromatic N) is 3. The molecule has 0 atom stereocenters. The number of piperidine rings is 1. The summed E-state index contributed by atoms with van der Waals surface area (Å²) in [6.07, 6.45) is 2.53. The van der Waals surface area contributed by atoms with Crippen LogP contribution < -0.4 is 5.32 Å². The van der Waals surface area contributed by atoms with Crippen LogP contribution in [-0.4, -0.2) is 34.1 Å². The maximum Gasteiger partial charge on any atom is 0.257 e. The fourth-order valence-corrected chi connectivity index (χ4v) is 4.26. The molecule has 150 valence electrons. The highest BCUT2D eigenvalue weighted by Crippen LogP contribution is 2.27. The van der Waals surface area contributed by atoms with Crippen molar-refractivity contribution in [3.8, 4) is 10.6 Å². The molecule has 1 N–H and O–H groups in total. The highest BCUT2D eigenvalue weighted by atomic mass is 35.5. The number of hydrogen-bond donors (Lipinski definition) is 1. The van der Waals surface area contributed by atoms with Crippen molar-refractivity contribution >= 4 is 34.0 Å². The molecule has 1 aliphatic rings. The molecule has 1 saturated heterocycles. The molecule has 0 spiro atoms. The second-order valence-electron chi connectivity index (χ2n) is 7.53. The first kappa shape index (κ1) is 20.0. The second-order valence-corrected chi connectivity index (χ2v) is 8.94. The molecule has 1 fully saturated rings. The lowest BCUT2D eigenvalue weighted by Gasteiger charge is -2.30. The fourth-order valence-electron chi connectivity index (χ4n) is 3.39. The summed E-state index contributed by atoms with van der Waals surface area (Å²) >= 11 is 7.26. The quantitative estimate of drug-likeness (QED) is 0.598. The molecule has 0 bridgehead atoms. The zero-order valence-electron chi connectivity index (χ0n) is 16.3. The minimum absolute atomic E-state index is 0.179. The van der Waals surface area contributed by atoms with Gasteiger partial charge in [0.1, 0.15) is 5.01 Å². The first-order valence-corrected chi connectivity index (χ1v) is 11.0. The highest BCUT2D eigenvalue weighted by molar-refractivity contribution is 7.18. The van der Waals surface area contributed by atoms with Crippen LogP contribution in [0, 0.1) is 5.92 Å². The molecule has 0 saturated carbocycles. The van der Waals surface area contributed by atoms with Crippen LogP contribution in [0.4, 0.5) is 5.13 Å². The van der Waals surface area contributed by atoms with Crippen LogP contribution in [0.2, 0.25) is 5.02 Å². The Morgan fingerprint density at radius 3 is 2.48 bits per heavy atom. The summed E-state index contributed by atoms with van der Waals surface area (Å²) in [5.74, 6) is 0.653. The first-order valence-electron chi connectivity index (χ1n) is 9.79. The summed E-state index contributed by atoms with van der Waals surface area (Å²) in [7, 11) is 0. The number of anilines is 1. The monoisotopic (exact) mass is 426 g/mol. The first-order chi connectivity index (χ1) is 14.1. The predicted octanol–water partition coefficient (Wildman–Crippen LogP) is 5.34. The van der Waals surface area contributed by atoms with Gasteiger partial charge in [0.05, 0.1) is 0 Å². The second kappa shape index (κ2) is 9.03. The van der Waals surface area contributed by atoms with E-state index in [1.165, 1.54) is 29.7 Å². The molecule has 4 rings (SSSR count). The molecular weight excluding hydrogens is 404 g/mol. The molecule has 0 aliphatic carbocycles. The third kappa shape index (κ3) is 5.21. The van der Waals surface area contributed by atoms with Crippen LogP contribution in [-0.2, 0) is 6.54 Å². The molecule has 1 aromatic heterocycles. The number of carbonyl (C=O) groups is 1. The van der Waals surface area contributed by atoms with E-state index >= 15 is 0 Å². The van der Waals surface area contributed by atoms with Gasteiger partial charge >= 0.3 is 0 Å². The Morgan fingerprint density at radius 2 is 1.79 bits per heavy atom. The van der Waals surface area contributed by atoms with Crippen molar-refractivity contribution in [2.75, 3.05) is 18.4 Å². The topological polar surface area (TPSA) is 58.1 Å². The van der Waals surface area contributed by atoms with Gasteiger partial charge in [-0.2, -0.15) is 0 Å². The molecule has 0 radical (unpaired) electrons. The van der Waals surface area contributed by atoms with Crippen molar-refractivity contribution < 1.29 is 4.79 Å². The van der Waals surface area contributed by atoms with Crippen molar-refractivity contribution in [1.29, 1.82) is 0 Å². The number of aromatic nitrogens is 2. The number of halogens is 1. The largest absolute Gasteiger partial charge is 0.299 e. The lowest BCUT2D eigenvalue weighted by atomic mass is 9.99. The minimum Gasteiger partial charge on any atom is -0.299 e. The molecular formula is C22H23ClN4OS. The van der Waals surface area contributed by atoms with Crippen LogP contribution in [0.3, 0.4) is 0 Å². The van der Waals surface area contributed by atoms with Crippen molar-refractivity contribution in [2.45, 2.75) is 26.3 Å². The third-order valence-corrected chi connectivity index (χ3v) is 6.37. The number of rotatable bonds is 5. The smallest absolute Gasteiger partial charge is 0.257 e. The zero-order chi connectivity index (χ0) is 20.2. The van der Waals surface area contributed by atoms with E-state index in [0.717, 1.165) is 36.1 Å². The molecule has 5 nitrogen and oxygen atoms in total. The number of amides is 1. The van der Waals surface area contributed by atoms with Gasteiger partial charge in [0.25, 0.3) is 5.91 Å². The van der Waals surface area contributed by atoms with Crippen LogP contribution in [0.15, 0.2) is 48.5 Å². The van der Waals surface area contributed by atoms with E-state index in [1.807, 2.05) is 48.5 Å². The van der Waals surface area contributed by atoms with E-state index in [1.54, 1.807) is 0 Å². The summed E-state index contributed by atoms with van der Waals surface area (Å²) in [6, 6.07) is 15.2. The molecule has 1 amide bonds. The molecule has 0 unspecified atom stereocenters. The van der Waals surface area contributed by atoms with Crippen LogP contribution in [0.25, 0.3) is 10.6 Å². The Balaban J connectivity index is 1.35. The van der Waals surface area contributed by atoms with Gasteiger partial charge in [-0.25, -0.2) is 0 Å². The highest BCUT2D eigenvalue weighted by Gasteiger charge is 2.16. The molecule has 7 heteroatoms. The standard InChI is InChI=1S/C22H23ClN4OS/c1-15-10-12-27(13-11-15)14-16-2-4-17(5-3-16)20(28)24-22-26-25-21(29-22)18-6-8-19(23)9-7-18/h2-9,15H,10-14H2,1H3,(H,24,26,28).